The van der Waals surface area contributed by atoms with Gasteiger partial charge in [0, 0.05) is 29.6 Å². The molecule has 1 atom stereocenters. The van der Waals surface area contributed by atoms with Crippen molar-refractivity contribution < 1.29 is 8.42 Å². The van der Waals surface area contributed by atoms with Crippen molar-refractivity contribution in [3.05, 3.63) is 40.3 Å². The summed E-state index contributed by atoms with van der Waals surface area (Å²) in [5, 5.41) is 1.84. The van der Waals surface area contributed by atoms with Gasteiger partial charge in [0.1, 0.15) is 0 Å². The molecule has 18 heavy (non-hydrogen) atoms. The Morgan fingerprint density at radius 1 is 1.33 bits per heavy atom. The molecule has 0 bridgehead atoms. The lowest BCUT2D eigenvalue weighted by atomic mass is 10.2. The fourth-order valence-corrected chi connectivity index (χ4v) is 3.20. The molecule has 0 saturated carbocycles. The second-order valence-electron chi connectivity index (χ2n) is 4.31. The number of rotatable bonds is 3. The fourth-order valence-electron chi connectivity index (χ4n) is 1.81. The average molecular weight is 287 g/mol. The van der Waals surface area contributed by atoms with E-state index in [0.717, 1.165) is 5.56 Å². The van der Waals surface area contributed by atoms with E-state index in [9.17, 15) is 8.42 Å². The maximum atomic E-state index is 12.0. The maximum Gasteiger partial charge on any atom is 0.236 e. The maximum absolute atomic E-state index is 12.0. The van der Waals surface area contributed by atoms with Crippen LogP contribution < -0.4 is 5.73 Å². The minimum atomic E-state index is -3.36. The monoisotopic (exact) mass is 286 g/mol. The normalized spacial score (nSPS) is 21.8. The Balaban J connectivity index is 2.10. The highest BCUT2D eigenvalue weighted by Gasteiger charge is 2.27. The van der Waals surface area contributed by atoms with Gasteiger partial charge in [0.25, 0.3) is 0 Å². The first-order valence-electron chi connectivity index (χ1n) is 5.67. The number of sulfonamides is 1. The topological polar surface area (TPSA) is 63.4 Å². The predicted octanol–water partition coefficient (Wildman–Crippen LogP) is 1.67. The molecule has 1 heterocycles. The molecule has 0 unspecified atom stereocenters. The van der Waals surface area contributed by atoms with Gasteiger partial charge in [-0.2, -0.15) is 4.31 Å². The van der Waals surface area contributed by atoms with Crippen LogP contribution in [0.2, 0.25) is 5.02 Å². The van der Waals surface area contributed by atoms with Crippen LogP contribution in [-0.2, 0) is 10.0 Å². The summed E-state index contributed by atoms with van der Waals surface area (Å²) in [6, 6.07) is 6.93. The Labute approximate surface area is 112 Å². The summed E-state index contributed by atoms with van der Waals surface area (Å²) in [6.45, 7) is 0.891. The van der Waals surface area contributed by atoms with E-state index >= 15 is 0 Å². The van der Waals surface area contributed by atoms with Crippen LogP contribution in [0, 0.1) is 0 Å². The standard InChI is InChI=1S/C12H15ClN2O2S/c13-11-3-1-10(2-4-11)6-8-18(16,17)15-7-5-12(14)9-15/h1-4,6,8,12H,5,7,9,14H2/b8-6+/t12-/m1/s1. The van der Waals surface area contributed by atoms with Gasteiger partial charge in [0.05, 0.1) is 0 Å². The molecule has 2 rings (SSSR count). The van der Waals surface area contributed by atoms with Gasteiger partial charge < -0.3 is 5.73 Å². The van der Waals surface area contributed by atoms with E-state index in [1.54, 1.807) is 30.3 Å². The summed E-state index contributed by atoms with van der Waals surface area (Å²) in [7, 11) is -3.36. The van der Waals surface area contributed by atoms with Crippen molar-refractivity contribution in [2.45, 2.75) is 12.5 Å². The Morgan fingerprint density at radius 2 is 2.00 bits per heavy atom. The highest BCUT2D eigenvalue weighted by atomic mass is 35.5. The lowest BCUT2D eigenvalue weighted by molar-refractivity contribution is 0.481. The zero-order chi connectivity index (χ0) is 13.2. The number of nitrogens with zero attached hydrogens (tertiary/aromatic N) is 1. The predicted molar refractivity (Wildman–Crippen MR) is 73.6 cm³/mol. The molecule has 6 heteroatoms. The Bertz CT molecular complexity index is 540. The van der Waals surface area contributed by atoms with Crippen LogP contribution in [-0.4, -0.2) is 31.9 Å². The number of hydrogen-bond acceptors (Lipinski definition) is 3. The SMILES string of the molecule is N[C@@H]1CCN(S(=O)(=O)/C=C/c2ccc(Cl)cc2)C1. The molecular weight excluding hydrogens is 272 g/mol. The van der Waals surface area contributed by atoms with Gasteiger partial charge in [-0.1, -0.05) is 23.7 Å². The van der Waals surface area contributed by atoms with Crippen LogP contribution in [0.1, 0.15) is 12.0 Å². The molecular formula is C12H15ClN2O2S. The van der Waals surface area contributed by atoms with Gasteiger partial charge in [0.2, 0.25) is 10.0 Å². The molecule has 1 aliphatic rings. The Morgan fingerprint density at radius 3 is 2.56 bits per heavy atom. The van der Waals surface area contributed by atoms with Gasteiger partial charge in [-0.25, -0.2) is 8.42 Å². The van der Waals surface area contributed by atoms with Crippen LogP contribution in [0.5, 0.6) is 0 Å². The third kappa shape index (κ3) is 3.32. The summed E-state index contributed by atoms with van der Waals surface area (Å²) in [6.07, 6.45) is 2.28. The summed E-state index contributed by atoms with van der Waals surface area (Å²) in [5.41, 5.74) is 6.50. The quantitative estimate of drug-likeness (QED) is 0.919. The number of hydrogen-bond donors (Lipinski definition) is 1. The molecule has 0 aromatic heterocycles. The van der Waals surface area contributed by atoms with Crippen molar-refractivity contribution in [2.24, 2.45) is 5.73 Å². The molecule has 0 amide bonds. The number of benzene rings is 1. The zero-order valence-corrected chi connectivity index (χ0v) is 11.4. The van der Waals surface area contributed by atoms with Gasteiger partial charge >= 0.3 is 0 Å². The van der Waals surface area contributed by atoms with E-state index in [4.69, 9.17) is 17.3 Å². The molecule has 0 radical (unpaired) electrons. The molecule has 4 nitrogen and oxygen atoms in total. The summed E-state index contributed by atoms with van der Waals surface area (Å²) >= 11 is 5.76. The number of halogens is 1. The van der Waals surface area contributed by atoms with Gasteiger partial charge in [-0.05, 0) is 30.2 Å². The highest BCUT2D eigenvalue weighted by molar-refractivity contribution is 7.92. The molecule has 98 valence electrons. The summed E-state index contributed by atoms with van der Waals surface area (Å²) < 4.78 is 25.4. The van der Waals surface area contributed by atoms with E-state index in [1.165, 1.54) is 9.71 Å². The van der Waals surface area contributed by atoms with Crippen LogP contribution in [0.25, 0.3) is 6.08 Å². The minimum absolute atomic E-state index is 0.0521. The fraction of sp³-hybridized carbons (Fsp3) is 0.333. The third-order valence-corrected chi connectivity index (χ3v) is 4.63. The first-order chi connectivity index (χ1) is 8.47. The van der Waals surface area contributed by atoms with E-state index < -0.39 is 10.0 Å². The molecule has 2 N–H and O–H groups in total. The number of nitrogens with two attached hydrogens (primary N) is 1. The largest absolute Gasteiger partial charge is 0.326 e. The Hall–Kier alpha value is -0.880. The van der Waals surface area contributed by atoms with Crippen molar-refractivity contribution in [2.75, 3.05) is 13.1 Å². The van der Waals surface area contributed by atoms with Crippen LogP contribution in [0.3, 0.4) is 0 Å². The van der Waals surface area contributed by atoms with Gasteiger partial charge in [0.15, 0.2) is 0 Å². The minimum Gasteiger partial charge on any atom is -0.326 e. The van der Waals surface area contributed by atoms with E-state index in [2.05, 4.69) is 0 Å². The van der Waals surface area contributed by atoms with Crippen molar-refractivity contribution in [1.82, 2.24) is 4.31 Å². The van der Waals surface area contributed by atoms with Crippen molar-refractivity contribution >= 4 is 27.7 Å². The molecule has 0 spiro atoms. The highest BCUT2D eigenvalue weighted by Crippen LogP contribution is 2.16. The third-order valence-electron chi connectivity index (χ3n) is 2.85. The second-order valence-corrected chi connectivity index (χ2v) is 6.56. The van der Waals surface area contributed by atoms with E-state index in [0.29, 0.717) is 24.5 Å². The first-order valence-corrected chi connectivity index (χ1v) is 7.55. The molecule has 1 aliphatic heterocycles. The molecule has 1 aromatic carbocycles. The van der Waals surface area contributed by atoms with Crippen molar-refractivity contribution in [1.29, 1.82) is 0 Å². The van der Waals surface area contributed by atoms with Gasteiger partial charge in [-0.15, -0.1) is 0 Å². The lowest BCUT2D eigenvalue weighted by Gasteiger charge is -2.12. The molecule has 0 aliphatic carbocycles. The van der Waals surface area contributed by atoms with E-state index in [1.807, 2.05) is 0 Å². The molecule has 1 saturated heterocycles. The average Bonchev–Trinajstić information content (AvgIpc) is 2.76. The second kappa shape index (κ2) is 5.40. The zero-order valence-electron chi connectivity index (χ0n) is 9.79. The van der Waals surface area contributed by atoms with Crippen LogP contribution in [0.15, 0.2) is 29.7 Å². The van der Waals surface area contributed by atoms with Crippen LogP contribution >= 0.6 is 11.6 Å². The van der Waals surface area contributed by atoms with Crippen molar-refractivity contribution in [3.63, 3.8) is 0 Å². The summed E-state index contributed by atoms with van der Waals surface area (Å²) in [5.74, 6) is 0. The molecule has 1 aromatic rings. The Kier molecular flexibility index (Phi) is 4.07. The lowest BCUT2D eigenvalue weighted by Crippen LogP contribution is -2.30. The van der Waals surface area contributed by atoms with Crippen molar-refractivity contribution in [3.8, 4) is 0 Å². The van der Waals surface area contributed by atoms with E-state index in [-0.39, 0.29) is 6.04 Å². The van der Waals surface area contributed by atoms with Crippen LogP contribution in [0.4, 0.5) is 0 Å². The summed E-state index contributed by atoms with van der Waals surface area (Å²) in [4.78, 5) is 0. The smallest absolute Gasteiger partial charge is 0.236 e. The van der Waals surface area contributed by atoms with Gasteiger partial charge in [-0.3, -0.25) is 0 Å². The molecule has 1 fully saturated rings. The first kappa shape index (κ1) is 13.5.